The van der Waals surface area contributed by atoms with Gasteiger partial charge in [-0.05, 0) is 13.8 Å². The number of aromatic hydroxyl groups is 1. The summed E-state index contributed by atoms with van der Waals surface area (Å²) in [5, 5.41) is 9.62. The topological polar surface area (TPSA) is 72.4 Å². The summed E-state index contributed by atoms with van der Waals surface area (Å²) >= 11 is 0. The zero-order chi connectivity index (χ0) is 11.9. The summed E-state index contributed by atoms with van der Waals surface area (Å²) in [5.74, 6) is -0.335. The van der Waals surface area contributed by atoms with Crippen molar-refractivity contribution in [1.82, 2.24) is 4.57 Å². The van der Waals surface area contributed by atoms with Crippen LogP contribution in [0.25, 0.3) is 11.0 Å². The smallest absolute Gasteiger partial charge is 0.339 e. The molecule has 1 N–H and O–H groups in total. The van der Waals surface area contributed by atoms with Gasteiger partial charge in [0.15, 0.2) is 0 Å². The number of hydrogen-bond acceptors (Lipinski definition) is 4. The van der Waals surface area contributed by atoms with Crippen LogP contribution in [-0.2, 0) is 6.54 Å². The van der Waals surface area contributed by atoms with Gasteiger partial charge in [0.2, 0.25) is 0 Å². The average molecular weight is 221 g/mol. The second kappa shape index (κ2) is 3.52. The van der Waals surface area contributed by atoms with E-state index in [0.717, 1.165) is 6.07 Å². The second-order valence-corrected chi connectivity index (χ2v) is 3.53. The molecule has 0 saturated heterocycles. The highest BCUT2D eigenvalue weighted by Gasteiger charge is 2.12. The van der Waals surface area contributed by atoms with Gasteiger partial charge in [-0.15, -0.1) is 0 Å². The summed E-state index contributed by atoms with van der Waals surface area (Å²) in [6.07, 6.45) is 0. The largest absolute Gasteiger partial charge is 0.507 e. The Morgan fingerprint density at radius 2 is 2.06 bits per heavy atom. The molecule has 0 radical (unpaired) electrons. The molecule has 0 aromatic carbocycles. The Balaban J connectivity index is 3.05. The van der Waals surface area contributed by atoms with E-state index in [1.54, 1.807) is 13.0 Å². The van der Waals surface area contributed by atoms with Crippen LogP contribution < -0.4 is 11.2 Å². The number of pyridine rings is 1. The van der Waals surface area contributed by atoms with E-state index in [0.29, 0.717) is 12.2 Å². The van der Waals surface area contributed by atoms with Gasteiger partial charge in [0.05, 0.1) is 6.07 Å². The van der Waals surface area contributed by atoms with E-state index < -0.39 is 5.63 Å². The molecule has 16 heavy (non-hydrogen) atoms. The van der Waals surface area contributed by atoms with Gasteiger partial charge in [0.1, 0.15) is 16.7 Å². The maximum Gasteiger partial charge on any atom is 0.339 e. The van der Waals surface area contributed by atoms with Crippen molar-refractivity contribution in [2.24, 2.45) is 0 Å². The Kier molecular flexibility index (Phi) is 2.30. The molecule has 0 aliphatic heterocycles. The lowest BCUT2D eigenvalue weighted by molar-refractivity contribution is 0.466. The lowest BCUT2D eigenvalue weighted by atomic mass is 10.2. The number of hydrogen-bond donors (Lipinski definition) is 1. The minimum Gasteiger partial charge on any atom is -0.507 e. The third kappa shape index (κ3) is 1.41. The molecule has 2 heterocycles. The van der Waals surface area contributed by atoms with Crippen LogP contribution in [0.5, 0.6) is 5.75 Å². The number of aromatic nitrogens is 1. The fourth-order valence-electron chi connectivity index (χ4n) is 1.77. The van der Waals surface area contributed by atoms with Crippen LogP contribution in [0.4, 0.5) is 0 Å². The second-order valence-electron chi connectivity index (χ2n) is 3.53. The van der Waals surface area contributed by atoms with Gasteiger partial charge in [0.25, 0.3) is 5.56 Å². The molecule has 0 atom stereocenters. The number of aryl methyl sites for hydroxylation is 1. The first kappa shape index (κ1) is 10.5. The van der Waals surface area contributed by atoms with Gasteiger partial charge >= 0.3 is 5.63 Å². The maximum absolute atomic E-state index is 12.0. The molecule has 2 rings (SSSR count). The van der Waals surface area contributed by atoms with Gasteiger partial charge < -0.3 is 14.1 Å². The molecular formula is C11H11NO4. The van der Waals surface area contributed by atoms with Crippen LogP contribution >= 0.6 is 0 Å². The zero-order valence-corrected chi connectivity index (χ0v) is 8.98. The third-order valence-electron chi connectivity index (χ3n) is 2.51. The molecule has 0 aliphatic carbocycles. The standard InChI is InChI=1S/C11H11NO4/c1-3-12-6(2)4-8-10(11(12)15)7(13)5-9(14)16-8/h4-5,13H,3H2,1-2H3. The van der Waals surface area contributed by atoms with Crippen LogP contribution in [0.1, 0.15) is 12.6 Å². The molecule has 0 amide bonds. The minimum atomic E-state index is -0.668. The summed E-state index contributed by atoms with van der Waals surface area (Å²) < 4.78 is 6.38. The highest BCUT2D eigenvalue weighted by molar-refractivity contribution is 5.82. The van der Waals surface area contributed by atoms with Crippen molar-refractivity contribution in [1.29, 1.82) is 0 Å². The van der Waals surface area contributed by atoms with E-state index in [-0.39, 0.29) is 22.3 Å². The number of rotatable bonds is 1. The van der Waals surface area contributed by atoms with Crippen molar-refractivity contribution in [2.45, 2.75) is 20.4 Å². The summed E-state index contributed by atoms with van der Waals surface area (Å²) in [6, 6.07) is 2.47. The lowest BCUT2D eigenvalue weighted by Crippen LogP contribution is -2.22. The van der Waals surface area contributed by atoms with Crippen LogP contribution in [-0.4, -0.2) is 9.67 Å². The highest BCUT2D eigenvalue weighted by Crippen LogP contribution is 2.19. The first-order valence-corrected chi connectivity index (χ1v) is 4.92. The van der Waals surface area contributed by atoms with Crippen molar-refractivity contribution in [2.75, 3.05) is 0 Å². The quantitative estimate of drug-likeness (QED) is 0.779. The molecule has 0 bridgehead atoms. The molecule has 0 saturated carbocycles. The molecule has 5 heteroatoms. The van der Waals surface area contributed by atoms with Gasteiger partial charge in [-0.2, -0.15) is 0 Å². The Labute approximate surface area is 90.6 Å². The molecule has 2 aromatic heterocycles. The zero-order valence-electron chi connectivity index (χ0n) is 8.98. The van der Waals surface area contributed by atoms with Crippen molar-refractivity contribution in [3.63, 3.8) is 0 Å². The molecule has 0 unspecified atom stereocenters. The highest BCUT2D eigenvalue weighted by atomic mass is 16.4. The van der Waals surface area contributed by atoms with Gasteiger partial charge in [-0.25, -0.2) is 4.79 Å². The van der Waals surface area contributed by atoms with Crippen molar-refractivity contribution in [3.05, 3.63) is 38.6 Å². The van der Waals surface area contributed by atoms with E-state index in [1.807, 2.05) is 6.92 Å². The van der Waals surface area contributed by atoms with E-state index in [2.05, 4.69) is 0 Å². The molecule has 0 aliphatic rings. The van der Waals surface area contributed by atoms with Crippen LogP contribution in [0.2, 0.25) is 0 Å². The fourth-order valence-corrected chi connectivity index (χ4v) is 1.77. The first-order chi connectivity index (χ1) is 7.54. The average Bonchev–Trinajstić information content (AvgIpc) is 2.15. The predicted octanol–water partition coefficient (Wildman–Crippen LogP) is 0.989. The SMILES string of the molecule is CCn1c(C)cc2oc(=O)cc(O)c2c1=O. The van der Waals surface area contributed by atoms with E-state index in [9.17, 15) is 14.7 Å². The maximum atomic E-state index is 12.0. The number of fused-ring (bicyclic) bond motifs is 1. The Morgan fingerprint density at radius 1 is 1.38 bits per heavy atom. The molecule has 2 aromatic rings. The van der Waals surface area contributed by atoms with Crippen molar-refractivity contribution < 1.29 is 9.52 Å². The van der Waals surface area contributed by atoms with Crippen molar-refractivity contribution >= 4 is 11.0 Å². The lowest BCUT2D eigenvalue weighted by Gasteiger charge is -2.08. The molecule has 84 valence electrons. The summed E-state index contributed by atoms with van der Waals surface area (Å²) in [5.41, 5.74) is -0.206. The molecule has 5 nitrogen and oxygen atoms in total. The monoisotopic (exact) mass is 221 g/mol. The Hall–Kier alpha value is -2.04. The first-order valence-electron chi connectivity index (χ1n) is 4.92. The fraction of sp³-hybridized carbons (Fsp3) is 0.273. The Bertz CT molecular complexity index is 666. The van der Waals surface area contributed by atoms with Crippen LogP contribution in [0.3, 0.4) is 0 Å². The van der Waals surface area contributed by atoms with Gasteiger partial charge in [-0.1, -0.05) is 0 Å². The van der Waals surface area contributed by atoms with E-state index >= 15 is 0 Å². The summed E-state index contributed by atoms with van der Waals surface area (Å²) in [7, 11) is 0. The predicted molar refractivity (Wildman–Crippen MR) is 58.8 cm³/mol. The normalized spacial score (nSPS) is 10.9. The van der Waals surface area contributed by atoms with Crippen molar-refractivity contribution in [3.8, 4) is 5.75 Å². The number of nitrogens with zero attached hydrogens (tertiary/aromatic N) is 1. The van der Waals surface area contributed by atoms with Gasteiger partial charge in [-0.3, -0.25) is 4.79 Å². The third-order valence-corrected chi connectivity index (χ3v) is 2.51. The van der Waals surface area contributed by atoms with Crippen LogP contribution in [0, 0.1) is 6.92 Å². The van der Waals surface area contributed by atoms with Crippen LogP contribution in [0.15, 0.2) is 26.1 Å². The summed E-state index contributed by atoms with van der Waals surface area (Å²) in [4.78, 5) is 23.0. The molecule has 0 fully saturated rings. The Morgan fingerprint density at radius 3 is 2.69 bits per heavy atom. The minimum absolute atomic E-state index is 0.0482. The van der Waals surface area contributed by atoms with E-state index in [4.69, 9.17) is 4.42 Å². The van der Waals surface area contributed by atoms with Gasteiger partial charge in [0, 0.05) is 18.3 Å². The molecular weight excluding hydrogens is 210 g/mol. The summed E-state index contributed by atoms with van der Waals surface area (Å²) in [6.45, 7) is 4.07. The van der Waals surface area contributed by atoms with E-state index in [1.165, 1.54) is 4.57 Å². The molecule has 0 spiro atoms.